The van der Waals surface area contributed by atoms with Crippen molar-refractivity contribution in [1.29, 1.82) is 0 Å². The van der Waals surface area contributed by atoms with Gasteiger partial charge in [0, 0.05) is 0 Å². The van der Waals surface area contributed by atoms with E-state index in [4.69, 9.17) is 0 Å². The van der Waals surface area contributed by atoms with Crippen LogP contribution in [0, 0.1) is 5.92 Å². The van der Waals surface area contributed by atoms with Gasteiger partial charge in [0.1, 0.15) is 0 Å². The molecule has 0 saturated heterocycles. The maximum absolute atomic E-state index is 10.3. The Morgan fingerprint density at radius 2 is 1.67 bits per heavy atom. The maximum atomic E-state index is 10.3. The summed E-state index contributed by atoms with van der Waals surface area (Å²) in [6, 6.07) is 8.77. The van der Waals surface area contributed by atoms with Gasteiger partial charge < -0.3 is 5.11 Å². The van der Waals surface area contributed by atoms with Gasteiger partial charge in [-0.1, -0.05) is 57.4 Å². The molecule has 100 valence electrons. The van der Waals surface area contributed by atoms with Gasteiger partial charge in [-0.05, 0) is 42.2 Å². The van der Waals surface area contributed by atoms with E-state index in [1.54, 1.807) is 0 Å². The van der Waals surface area contributed by atoms with Crippen molar-refractivity contribution in [1.82, 2.24) is 0 Å². The van der Waals surface area contributed by atoms with Gasteiger partial charge in [0.25, 0.3) is 0 Å². The van der Waals surface area contributed by atoms with Crippen LogP contribution in [0.25, 0.3) is 0 Å². The molecule has 0 aromatic heterocycles. The molecule has 0 bridgehead atoms. The highest BCUT2D eigenvalue weighted by Crippen LogP contribution is 2.28. The number of aliphatic hydroxyl groups is 1. The molecule has 1 aliphatic rings. The number of benzene rings is 1. The van der Waals surface area contributed by atoms with Crippen molar-refractivity contribution in [3.05, 3.63) is 35.4 Å². The summed E-state index contributed by atoms with van der Waals surface area (Å²) in [7, 11) is 0. The Morgan fingerprint density at radius 1 is 1.06 bits per heavy atom. The number of rotatable bonds is 4. The first-order valence-electron chi connectivity index (χ1n) is 7.43. The molecule has 1 saturated carbocycles. The molecule has 1 atom stereocenters. The Morgan fingerprint density at radius 3 is 2.22 bits per heavy atom. The van der Waals surface area contributed by atoms with Crippen molar-refractivity contribution in [3.8, 4) is 0 Å². The predicted molar refractivity (Wildman–Crippen MR) is 76.8 cm³/mol. The van der Waals surface area contributed by atoms with Gasteiger partial charge in [-0.3, -0.25) is 0 Å². The molecule has 1 N–H and O–H groups in total. The Balaban J connectivity index is 1.91. The minimum Gasteiger partial charge on any atom is -0.392 e. The summed E-state index contributed by atoms with van der Waals surface area (Å²) in [5.74, 6) is 1.12. The van der Waals surface area contributed by atoms with Gasteiger partial charge >= 0.3 is 0 Å². The lowest BCUT2D eigenvalue weighted by Gasteiger charge is -2.26. The van der Waals surface area contributed by atoms with E-state index >= 15 is 0 Å². The van der Waals surface area contributed by atoms with Crippen LogP contribution < -0.4 is 0 Å². The van der Waals surface area contributed by atoms with Crippen molar-refractivity contribution >= 4 is 0 Å². The van der Waals surface area contributed by atoms with E-state index in [9.17, 15) is 5.11 Å². The Kier molecular flexibility index (Phi) is 4.82. The van der Waals surface area contributed by atoms with Crippen LogP contribution >= 0.6 is 0 Å². The van der Waals surface area contributed by atoms with E-state index in [0.717, 1.165) is 6.42 Å². The average molecular weight is 246 g/mol. The van der Waals surface area contributed by atoms with Gasteiger partial charge in [0.15, 0.2) is 0 Å². The zero-order valence-corrected chi connectivity index (χ0v) is 11.7. The second-order valence-electron chi connectivity index (χ2n) is 6.07. The summed E-state index contributed by atoms with van der Waals surface area (Å²) in [5, 5.41) is 10.3. The molecule has 1 unspecified atom stereocenters. The van der Waals surface area contributed by atoms with E-state index in [-0.39, 0.29) is 6.10 Å². The normalized spacial score (nSPS) is 19.1. The van der Waals surface area contributed by atoms with Crippen LogP contribution in [0.2, 0.25) is 0 Å². The quantitative estimate of drug-likeness (QED) is 0.840. The molecule has 0 spiro atoms. The molecule has 2 rings (SSSR count). The van der Waals surface area contributed by atoms with E-state index in [0.29, 0.717) is 11.8 Å². The van der Waals surface area contributed by atoms with E-state index in [2.05, 4.69) is 38.1 Å². The van der Waals surface area contributed by atoms with Crippen molar-refractivity contribution in [3.63, 3.8) is 0 Å². The van der Waals surface area contributed by atoms with Crippen LogP contribution in [0.4, 0.5) is 0 Å². The molecular formula is C17H26O. The first-order chi connectivity index (χ1) is 8.66. The zero-order chi connectivity index (χ0) is 13.0. The molecule has 1 nitrogen and oxygen atoms in total. The van der Waals surface area contributed by atoms with Crippen LogP contribution in [0.1, 0.15) is 63.0 Å². The minimum atomic E-state index is -0.143. The second-order valence-corrected chi connectivity index (χ2v) is 6.07. The van der Waals surface area contributed by atoms with Gasteiger partial charge in [0.05, 0.1) is 6.10 Å². The lowest BCUT2D eigenvalue weighted by molar-refractivity contribution is 0.0851. The predicted octanol–water partition coefficient (Wildman–Crippen LogP) is 4.29. The largest absolute Gasteiger partial charge is 0.392 e. The van der Waals surface area contributed by atoms with E-state index < -0.39 is 0 Å². The van der Waals surface area contributed by atoms with E-state index in [1.807, 2.05) is 0 Å². The highest BCUT2D eigenvalue weighted by atomic mass is 16.3. The van der Waals surface area contributed by atoms with Gasteiger partial charge in [0.2, 0.25) is 0 Å². The van der Waals surface area contributed by atoms with Gasteiger partial charge in [-0.25, -0.2) is 0 Å². The molecule has 1 fully saturated rings. The molecule has 1 heteroatoms. The lowest BCUT2D eigenvalue weighted by atomic mass is 9.83. The second kappa shape index (κ2) is 6.38. The van der Waals surface area contributed by atoms with Crippen LogP contribution in [-0.2, 0) is 6.42 Å². The highest BCUT2D eigenvalue weighted by Gasteiger charge is 2.21. The fourth-order valence-corrected chi connectivity index (χ4v) is 2.97. The topological polar surface area (TPSA) is 20.2 Å². The fraction of sp³-hybridized carbons (Fsp3) is 0.647. The van der Waals surface area contributed by atoms with Crippen molar-refractivity contribution in [2.45, 2.75) is 64.4 Å². The molecule has 0 heterocycles. The molecule has 0 radical (unpaired) electrons. The third-order valence-corrected chi connectivity index (χ3v) is 4.29. The van der Waals surface area contributed by atoms with Crippen molar-refractivity contribution in [2.24, 2.45) is 5.92 Å². The smallest absolute Gasteiger partial charge is 0.0608 e. The number of aliphatic hydroxyl groups excluding tert-OH is 1. The third-order valence-electron chi connectivity index (χ3n) is 4.29. The summed E-state index contributed by atoms with van der Waals surface area (Å²) >= 11 is 0. The Bertz CT molecular complexity index is 346. The zero-order valence-electron chi connectivity index (χ0n) is 11.7. The fourth-order valence-electron chi connectivity index (χ4n) is 2.97. The molecule has 18 heavy (non-hydrogen) atoms. The van der Waals surface area contributed by atoms with E-state index in [1.165, 1.54) is 43.2 Å². The molecule has 1 aromatic carbocycles. The van der Waals surface area contributed by atoms with Crippen LogP contribution in [-0.4, -0.2) is 11.2 Å². The monoisotopic (exact) mass is 246 g/mol. The van der Waals surface area contributed by atoms with Crippen LogP contribution in [0.3, 0.4) is 0 Å². The molecule has 0 aliphatic heterocycles. The van der Waals surface area contributed by atoms with Crippen molar-refractivity contribution < 1.29 is 5.11 Å². The lowest BCUT2D eigenvalue weighted by Crippen LogP contribution is -2.24. The van der Waals surface area contributed by atoms with Gasteiger partial charge in [-0.15, -0.1) is 0 Å². The third kappa shape index (κ3) is 3.58. The minimum absolute atomic E-state index is 0.143. The molecule has 0 amide bonds. The first-order valence-corrected chi connectivity index (χ1v) is 7.43. The highest BCUT2D eigenvalue weighted by molar-refractivity contribution is 5.25. The van der Waals surface area contributed by atoms with Crippen LogP contribution in [0.5, 0.6) is 0 Å². The molecule has 1 aliphatic carbocycles. The summed E-state index contributed by atoms with van der Waals surface area (Å²) in [4.78, 5) is 0. The maximum Gasteiger partial charge on any atom is 0.0608 e. The first kappa shape index (κ1) is 13.6. The SMILES string of the molecule is CC(C)c1ccc(CC(O)C2CCCCC2)cc1. The summed E-state index contributed by atoms with van der Waals surface area (Å²) in [5.41, 5.74) is 2.66. The number of hydrogen-bond acceptors (Lipinski definition) is 1. The Hall–Kier alpha value is -0.820. The average Bonchev–Trinajstić information content (AvgIpc) is 2.40. The number of hydrogen-bond donors (Lipinski definition) is 1. The van der Waals surface area contributed by atoms with Crippen molar-refractivity contribution in [2.75, 3.05) is 0 Å². The standard InChI is InChI=1S/C17H26O/c1-13(2)15-10-8-14(9-11-15)12-17(18)16-6-4-3-5-7-16/h8-11,13,16-18H,3-7,12H2,1-2H3. The summed E-state index contributed by atoms with van der Waals surface area (Å²) < 4.78 is 0. The Labute approximate surface area is 111 Å². The molecular weight excluding hydrogens is 220 g/mol. The summed E-state index contributed by atoms with van der Waals surface area (Å²) in [6.45, 7) is 4.43. The molecule has 1 aromatic rings. The van der Waals surface area contributed by atoms with Crippen LogP contribution in [0.15, 0.2) is 24.3 Å². The van der Waals surface area contributed by atoms with Gasteiger partial charge in [-0.2, -0.15) is 0 Å². The summed E-state index contributed by atoms with van der Waals surface area (Å²) in [6.07, 6.45) is 7.06.